The van der Waals surface area contributed by atoms with E-state index >= 15 is 0 Å². The van der Waals surface area contributed by atoms with E-state index in [0.717, 1.165) is 19.4 Å². The maximum absolute atomic E-state index is 12.4. The Kier molecular flexibility index (Phi) is 3.18. The Bertz CT molecular complexity index is 674. The Hall–Kier alpha value is -1.59. The van der Waals surface area contributed by atoms with Gasteiger partial charge in [-0.1, -0.05) is 11.6 Å². The highest BCUT2D eigenvalue weighted by atomic mass is 35.5. The summed E-state index contributed by atoms with van der Waals surface area (Å²) in [5, 5.41) is 6.55. The molecule has 1 aliphatic heterocycles. The molecule has 0 spiro atoms. The van der Waals surface area contributed by atoms with Gasteiger partial charge < -0.3 is 15.1 Å². The van der Waals surface area contributed by atoms with Crippen molar-refractivity contribution >= 4 is 34.3 Å². The van der Waals surface area contributed by atoms with Crippen LogP contribution in [0.4, 0.5) is 5.69 Å². The number of rotatable bonds is 2. The summed E-state index contributed by atoms with van der Waals surface area (Å²) in [5.41, 5.74) is 1.33. The van der Waals surface area contributed by atoms with Crippen LogP contribution in [0.2, 0.25) is 5.02 Å². The Balaban J connectivity index is 1.90. The monoisotopic (exact) mass is 293 g/mol. The first-order valence-corrected chi connectivity index (χ1v) is 6.99. The SMILES string of the molecule is Cc1nc2cc(Cl)c(NC(=O)C3(C)CCCN3)cc2o1. The molecule has 5 nitrogen and oxygen atoms in total. The van der Waals surface area contributed by atoms with Gasteiger partial charge in [0.05, 0.1) is 16.2 Å². The fourth-order valence-corrected chi connectivity index (χ4v) is 2.71. The smallest absolute Gasteiger partial charge is 0.244 e. The average molecular weight is 294 g/mol. The number of fused-ring (bicyclic) bond motifs is 1. The highest BCUT2D eigenvalue weighted by molar-refractivity contribution is 6.34. The number of aromatic nitrogens is 1. The summed E-state index contributed by atoms with van der Waals surface area (Å²) in [4.78, 5) is 16.6. The van der Waals surface area contributed by atoms with Crippen molar-refractivity contribution in [1.82, 2.24) is 10.3 Å². The Morgan fingerprint density at radius 1 is 1.55 bits per heavy atom. The number of nitrogens with zero attached hydrogens (tertiary/aromatic N) is 1. The molecule has 2 N–H and O–H groups in total. The second-order valence-electron chi connectivity index (χ2n) is 5.35. The normalized spacial score (nSPS) is 22.4. The summed E-state index contributed by atoms with van der Waals surface area (Å²) in [6, 6.07) is 3.42. The van der Waals surface area contributed by atoms with Crippen LogP contribution in [0.15, 0.2) is 16.5 Å². The molecule has 0 bridgehead atoms. The number of nitrogens with one attached hydrogen (secondary N) is 2. The van der Waals surface area contributed by atoms with E-state index in [4.69, 9.17) is 16.0 Å². The van der Waals surface area contributed by atoms with Crippen LogP contribution in [-0.2, 0) is 4.79 Å². The van der Waals surface area contributed by atoms with Crippen LogP contribution in [-0.4, -0.2) is 23.0 Å². The molecule has 1 aliphatic rings. The van der Waals surface area contributed by atoms with Gasteiger partial charge in [0, 0.05) is 13.0 Å². The van der Waals surface area contributed by atoms with Crippen molar-refractivity contribution in [2.75, 3.05) is 11.9 Å². The van der Waals surface area contributed by atoms with Crippen molar-refractivity contribution in [1.29, 1.82) is 0 Å². The minimum absolute atomic E-state index is 0.0764. The summed E-state index contributed by atoms with van der Waals surface area (Å²) in [6.07, 6.45) is 1.82. The lowest BCUT2D eigenvalue weighted by Crippen LogP contribution is -2.48. The third-order valence-corrected chi connectivity index (χ3v) is 4.01. The van der Waals surface area contributed by atoms with Crippen molar-refractivity contribution in [3.05, 3.63) is 23.0 Å². The van der Waals surface area contributed by atoms with Crippen molar-refractivity contribution in [3.8, 4) is 0 Å². The molecule has 1 atom stereocenters. The molecule has 1 fully saturated rings. The van der Waals surface area contributed by atoms with Gasteiger partial charge in [-0.3, -0.25) is 4.79 Å². The minimum Gasteiger partial charge on any atom is -0.441 e. The molecule has 2 aromatic rings. The van der Waals surface area contributed by atoms with E-state index < -0.39 is 5.54 Å². The zero-order chi connectivity index (χ0) is 14.3. The fraction of sp³-hybridized carbons (Fsp3) is 0.429. The van der Waals surface area contributed by atoms with E-state index in [9.17, 15) is 4.79 Å². The average Bonchev–Trinajstić information content (AvgIpc) is 2.96. The maximum Gasteiger partial charge on any atom is 0.244 e. The molecule has 106 valence electrons. The second-order valence-corrected chi connectivity index (χ2v) is 5.76. The van der Waals surface area contributed by atoms with Crippen LogP contribution in [0, 0.1) is 6.92 Å². The molecule has 1 aromatic heterocycles. The highest BCUT2D eigenvalue weighted by Crippen LogP contribution is 2.30. The molecule has 1 saturated heterocycles. The number of halogens is 1. The summed E-state index contributed by atoms with van der Waals surface area (Å²) in [5.74, 6) is 0.497. The third-order valence-electron chi connectivity index (χ3n) is 3.70. The van der Waals surface area contributed by atoms with E-state index in [1.165, 1.54) is 0 Å². The zero-order valence-electron chi connectivity index (χ0n) is 11.4. The van der Waals surface area contributed by atoms with E-state index in [2.05, 4.69) is 15.6 Å². The molecule has 0 radical (unpaired) electrons. The van der Waals surface area contributed by atoms with Crippen LogP contribution in [0.3, 0.4) is 0 Å². The number of aryl methyl sites for hydroxylation is 1. The lowest BCUT2D eigenvalue weighted by molar-refractivity contribution is -0.121. The number of benzene rings is 1. The van der Waals surface area contributed by atoms with Crippen LogP contribution in [0.1, 0.15) is 25.7 Å². The van der Waals surface area contributed by atoms with Gasteiger partial charge in [-0.2, -0.15) is 0 Å². The van der Waals surface area contributed by atoms with Crippen LogP contribution in [0.25, 0.3) is 11.1 Å². The van der Waals surface area contributed by atoms with E-state index in [-0.39, 0.29) is 5.91 Å². The summed E-state index contributed by atoms with van der Waals surface area (Å²) in [7, 11) is 0. The van der Waals surface area contributed by atoms with Crippen molar-refractivity contribution in [2.24, 2.45) is 0 Å². The first-order valence-electron chi connectivity index (χ1n) is 6.61. The first-order chi connectivity index (χ1) is 9.48. The number of hydrogen-bond donors (Lipinski definition) is 2. The van der Waals surface area contributed by atoms with Gasteiger partial charge in [-0.05, 0) is 32.4 Å². The van der Waals surface area contributed by atoms with Crippen LogP contribution in [0.5, 0.6) is 0 Å². The highest BCUT2D eigenvalue weighted by Gasteiger charge is 2.36. The zero-order valence-corrected chi connectivity index (χ0v) is 12.2. The van der Waals surface area contributed by atoms with Crippen molar-refractivity contribution in [2.45, 2.75) is 32.2 Å². The molecular formula is C14H16ClN3O2. The number of hydrogen-bond acceptors (Lipinski definition) is 4. The summed E-state index contributed by atoms with van der Waals surface area (Å²) >= 11 is 6.19. The van der Waals surface area contributed by atoms with E-state index in [1.54, 1.807) is 19.1 Å². The van der Waals surface area contributed by atoms with Gasteiger partial charge >= 0.3 is 0 Å². The van der Waals surface area contributed by atoms with E-state index in [1.807, 2.05) is 6.92 Å². The quantitative estimate of drug-likeness (QED) is 0.893. The van der Waals surface area contributed by atoms with Gasteiger partial charge in [0.25, 0.3) is 0 Å². The second kappa shape index (κ2) is 4.75. The fourth-order valence-electron chi connectivity index (χ4n) is 2.51. The first kappa shape index (κ1) is 13.4. The van der Waals surface area contributed by atoms with Gasteiger partial charge in [0.2, 0.25) is 5.91 Å². The lowest BCUT2D eigenvalue weighted by Gasteiger charge is -2.23. The lowest BCUT2D eigenvalue weighted by atomic mass is 9.99. The third kappa shape index (κ3) is 2.27. The molecule has 1 amide bonds. The van der Waals surface area contributed by atoms with Gasteiger partial charge in [0.15, 0.2) is 11.5 Å². The number of amides is 1. The largest absolute Gasteiger partial charge is 0.441 e. The molecule has 3 rings (SSSR count). The van der Waals surface area contributed by atoms with Crippen LogP contribution < -0.4 is 10.6 Å². The molecule has 1 unspecified atom stereocenters. The molecule has 0 aliphatic carbocycles. The van der Waals surface area contributed by atoms with Gasteiger partial charge in [0.1, 0.15) is 5.52 Å². The van der Waals surface area contributed by atoms with Crippen LogP contribution >= 0.6 is 11.6 Å². The van der Waals surface area contributed by atoms with Gasteiger partial charge in [-0.25, -0.2) is 4.98 Å². The Morgan fingerprint density at radius 3 is 3.05 bits per heavy atom. The molecule has 1 aromatic carbocycles. The number of carbonyl (C=O) groups excluding carboxylic acids is 1. The predicted octanol–water partition coefficient (Wildman–Crippen LogP) is 2.87. The summed E-state index contributed by atoms with van der Waals surface area (Å²) in [6.45, 7) is 4.54. The predicted molar refractivity (Wildman–Crippen MR) is 78.0 cm³/mol. The molecular weight excluding hydrogens is 278 g/mol. The Morgan fingerprint density at radius 2 is 2.35 bits per heavy atom. The number of carbonyl (C=O) groups is 1. The Labute approximate surface area is 121 Å². The molecule has 0 saturated carbocycles. The standard InChI is InChI=1S/C14H16ClN3O2/c1-8-17-11-6-9(15)10(7-12(11)20-8)18-13(19)14(2)4-3-5-16-14/h6-7,16H,3-5H2,1-2H3,(H,18,19). The molecule has 20 heavy (non-hydrogen) atoms. The minimum atomic E-state index is -0.532. The molecule has 6 heteroatoms. The topological polar surface area (TPSA) is 67.2 Å². The maximum atomic E-state index is 12.4. The van der Waals surface area contributed by atoms with Crippen molar-refractivity contribution < 1.29 is 9.21 Å². The molecule has 2 heterocycles. The van der Waals surface area contributed by atoms with Crippen molar-refractivity contribution in [3.63, 3.8) is 0 Å². The number of oxazole rings is 1. The summed E-state index contributed by atoms with van der Waals surface area (Å²) < 4.78 is 5.46. The van der Waals surface area contributed by atoms with Gasteiger partial charge in [-0.15, -0.1) is 0 Å². The number of anilines is 1. The van der Waals surface area contributed by atoms with E-state index in [0.29, 0.717) is 27.7 Å².